The van der Waals surface area contributed by atoms with E-state index in [2.05, 4.69) is 26.2 Å². The fourth-order valence-electron chi connectivity index (χ4n) is 3.32. The van der Waals surface area contributed by atoms with Crippen LogP contribution in [0.2, 0.25) is 5.02 Å². The van der Waals surface area contributed by atoms with E-state index < -0.39 is 17.6 Å². The molecule has 1 amide bonds. The molecule has 0 radical (unpaired) electrons. The molecule has 0 aliphatic carbocycles. The highest BCUT2D eigenvalue weighted by Gasteiger charge is 2.40. The van der Waals surface area contributed by atoms with Gasteiger partial charge in [-0.25, -0.2) is 9.78 Å². The first kappa shape index (κ1) is 20.7. The third-order valence-electron chi connectivity index (χ3n) is 4.35. The van der Waals surface area contributed by atoms with Gasteiger partial charge in [-0.1, -0.05) is 25.4 Å². The minimum Gasteiger partial charge on any atom is -0.458 e. The van der Waals surface area contributed by atoms with Gasteiger partial charge in [-0.05, 0) is 26.7 Å². The van der Waals surface area contributed by atoms with Crippen LogP contribution >= 0.6 is 41.9 Å². The molecule has 0 aromatic carbocycles. The molecule has 1 unspecified atom stereocenters. The highest BCUT2D eigenvalue weighted by atomic mass is 127. The molecule has 2 aromatic rings. The van der Waals surface area contributed by atoms with Crippen molar-refractivity contribution in [3.05, 3.63) is 28.5 Å². The lowest BCUT2D eigenvalue weighted by Gasteiger charge is -2.36. The average molecular weight is 522 g/mol. The first-order valence-corrected chi connectivity index (χ1v) is 12.3. The molecule has 1 aliphatic heterocycles. The predicted octanol–water partition coefficient (Wildman–Crippen LogP) is 4.86. The average Bonchev–Trinajstić information content (AvgIpc) is 2.92. The zero-order valence-electron chi connectivity index (χ0n) is 15.7. The van der Waals surface area contributed by atoms with E-state index in [4.69, 9.17) is 16.3 Å². The molecule has 2 aromatic heterocycles. The molecule has 0 spiro atoms. The van der Waals surface area contributed by atoms with Crippen LogP contribution in [0.25, 0.3) is 11.0 Å². The summed E-state index contributed by atoms with van der Waals surface area (Å²) in [6.45, 7) is 9.53. The molecule has 0 N–H and O–H groups in total. The van der Waals surface area contributed by atoms with E-state index in [0.717, 1.165) is 10.9 Å². The monoisotopic (exact) mass is 521 g/mol. The molecule has 0 fully saturated rings. The van der Waals surface area contributed by atoms with Crippen LogP contribution in [-0.2, 0) is 16.1 Å². The summed E-state index contributed by atoms with van der Waals surface area (Å²) >= 11 is 8.55. The molecule has 146 valence electrons. The normalized spacial score (nSPS) is 15.6. The number of carbonyl (C=O) groups is 2. The summed E-state index contributed by atoms with van der Waals surface area (Å²) in [6.07, 6.45) is 3.35. The third-order valence-corrected chi connectivity index (χ3v) is 6.37. The summed E-state index contributed by atoms with van der Waals surface area (Å²) in [6, 6.07) is -0.695. The molecule has 6 nitrogen and oxygen atoms in total. The van der Waals surface area contributed by atoms with Crippen molar-refractivity contribution in [1.82, 2.24) is 13.9 Å². The molecule has 1 atom stereocenters. The second-order valence-corrected chi connectivity index (χ2v) is 10.00. The molecule has 9 heteroatoms. The van der Waals surface area contributed by atoms with Crippen molar-refractivity contribution >= 4 is 64.8 Å². The number of hydrogen-bond donors (Lipinski definition) is 0. The molecule has 1 aliphatic rings. The van der Waals surface area contributed by atoms with Gasteiger partial charge in [0.1, 0.15) is 11.6 Å². The molecule has 27 heavy (non-hydrogen) atoms. The smallest absolute Gasteiger partial charge is 0.329 e. The number of rotatable bonds is 4. The first-order chi connectivity index (χ1) is 12.5. The van der Waals surface area contributed by atoms with Crippen LogP contribution in [0.4, 0.5) is 0 Å². The zero-order valence-corrected chi connectivity index (χ0v) is 19.5. The van der Waals surface area contributed by atoms with Crippen molar-refractivity contribution in [3.63, 3.8) is 0 Å². The Morgan fingerprint density at radius 2 is 2.07 bits per heavy atom. The predicted molar refractivity (Wildman–Crippen MR) is 116 cm³/mol. The van der Waals surface area contributed by atoms with E-state index in [0.29, 0.717) is 16.2 Å². The Balaban J connectivity index is 2.09. The molecule has 0 saturated carbocycles. The topological polar surface area (TPSA) is 64.4 Å². The number of amides is 1. The van der Waals surface area contributed by atoms with Crippen LogP contribution in [0.15, 0.2) is 12.4 Å². The van der Waals surface area contributed by atoms with E-state index in [1.165, 1.54) is 9.12 Å². The van der Waals surface area contributed by atoms with Gasteiger partial charge in [0.2, 0.25) is 0 Å². The molecular formula is C18H21ClIN3O3S. The van der Waals surface area contributed by atoms with Gasteiger partial charge in [0.05, 0.1) is 10.6 Å². The lowest BCUT2D eigenvalue weighted by Crippen LogP contribution is -2.50. The van der Waals surface area contributed by atoms with E-state index in [9.17, 15) is 9.59 Å². The van der Waals surface area contributed by atoms with Gasteiger partial charge in [-0.15, -0.1) is 0 Å². The van der Waals surface area contributed by atoms with Crippen molar-refractivity contribution in [1.29, 1.82) is 0 Å². The lowest BCUT2D eigenvalue weighted by atomic mass is 9.96. The maximum Gasteiger partial charge on any atom is 0.329 e. The standard InChI is InChI=1S/C18H21ClIN3O3S/c1-9(2)14(17(25)26-18(3,4)5)22-7-10-12(19)6-21-15-13(10)11(16(22)24)8-23(15)27-20/h6,8-9,14H,7H2,1-5H3. The molecule has 3 rings (SSSR count). The Kier molecular flexibility index (Phi) is 5.71. The van der Waals surface area contributed by atoms with Crippen LogP contribution in [0.1, 0.15) is 50.5 Å². The van der Waals surface area contributed by atoms with E-state index in [1.807, 2.05) is 38.6 Å². The van der Waals surface area contributed by atoms with Gasteiger partial charge in [-0.3, -0.25) is 8.77 Å². The Hall–Kier alpha value is -1.00. The van der Waals surface area contributed by atoms with Crippen LogP contribution in [-0.4, -0.2) is 37.4 Å². The second kappa shape index (κ2) is 7.44. The van der Waals surface area contributed by atoms with E-state index in [1.54, 1.807) is 17.3 Å². The van der Waals surface area contributed by atoms with Crippen LogP contribution < -0.4 is 0 Å². The third kappa shape index (κ3) is 3.80. The summed E-state index contributed by atoms with van der Waals surface area (Å²) < 4.78 is 7.43. The Morgan fingerprint density at radius 1 is 1.41 bits per heavy atom. The SMILES string of the molecule is CC(C)C(C(=O)OC(C)(C)C)N1Cc2c(Cl)cnc3c2c(cn3SI)C1=O. The van der Waals surface area contributed by atoms with Crippen LogP contribution in [0, 0.1) is 5.92 Å². The fraction of sp³-hybridized carbons (Fsp3) is 0.500. The maximum absolute atomic E-state index is 13.3. The van der Waals surface area contributed by atoms with Crippen LogP contribution in [0.5, 0.6) is 0 Å². The minimum atomic E-state index is -0.695. The van der Waals surface area contributed by atoms with E-state index >= 15 is 0 Å². The van der Waals surface area contributed by atoms with Gasteiger partial charge >= 0.3 is 5.97 Å². The maximum atomic E-state index is 13.3. The van der Waals surface area contributed by atoms with Gasteiger partial charge in [0.15, 0.2) is 5.65 Å². The van der Waals surface area contributed by atoms with Gasteiger partial charge in [0.25, 0.3) is 5.91 Å². The quantitative estimate of drug-likeness (QED) is 0.425. The Morgan fingerprint density at radius 3 is 2.63 bits per heavy atom. The van der Waals surface area contributed by atoms with Gasteiger partial charge in [-0.2, -0.15) is 0 Å². The highest BCUT2D eigenvalue weighted by molar-refractivity contribution is 14.2. The first-order valence-electron chi connectivity index (χ1n) is 8.56. The van der Waals surface area contributed by atoms with Gasteiger partial charge in [0, 0.05) is 60.2 Å². The van der Waals surface area contributed by atoms with Crippen LogP contribution in [0.3, 0.4) is 0 Å². The summed E-state index contributed by atoms with van der Waals surface area (Å²) in [7, 11) is 1.43. The van der Waals surface area contributed by atoms with E-state index in [-0.39, 0.29) is 18.4 Å². The number of carbonyl (C=O) groups excluding carboxylic acids is 2. The number of hydrogen-bond acceptors (Lipinski definition) is 5. The molecule has 3 heterocycles. The minimum absolute atomic E-state index is 0.109. The molecule has 0 saturated heterocycles. The zero-order chi connectivity index (χ0) is 20.1. The summed E-state index contributed by atoms with van der Waals surface area (Å²) in [5.41, 5.74) is 1.40. The van der Waals surface area contributed by atoms with Gasteiger partial charge < -0.3 is 9.64 Å². The Labute approximate surface area is 179 Å². The number of halogens is 2. The second-order valence-electron chi connectivity index (χ2n) is 7.88. The van der Waals surface area contributed by atoms with Crippen molar-refractivity contribution in [2.45, 2.75) is 52.8 Å². The summed E-state index contributed by atoms with van der Waals surface area (Å²) in [5, 5.41) is 1.25. The fourth-order valence-corrected chi connectivity index (χ4v) is 4.77. The van der Waals surface area contributed by atoms with Crippen molar-refractivity contribution in [3.8, 4) is 0 Å². The molecular weight excluding hydrogens is 501 g/mol. The Bertz CT molecular complexity index is 923. The number of aromatic nitrogens is 2. The number of pyridine rings is 1. The molecule has 0 bridgehead atoms. The number of ether oxygens (including phenoxy) is 1. The van der Waals surface area contributed by atoms with Crippen molar-refractivity contribution in [2.24, 2.45) is 5.92 Å². The lowest BCUT2D eigenvalue weighted by molar-refractivity contribution is -0.162. The van der Waals surface area contributed by atoms with Crippen molar-refractivity contribution in [2.75, 3.05) is 0 Å². The number of esters is 1. The van der Waals surface area contributed by atoms with Crippen molar-refractivity contribution < 1.29 is 14.3 Å². The summed E-state index contributed by atoms with van der Waals surface area (Å²) in [4.78, 5) is 32.1. The number of nitrogens with zero attached hydrogens (tertiary/aromatic N) is 3. The summed E-state index contributed by atoms with van der Waals surface area (Å²) in [5.74, 6) is -0.716. The highest BCUT2D eigenvalue weighted by Crippen LogP contribution is 2.38. The largest absolute Gasteiger partial charge is 0.458 e.